The van der Waals surface area contributed by atoms with E-state index in [-0.39, 0.29) is 5.91 Å². The quantitative estimate of drug-likeness (QED) is 0.821. The molecule has 4 rings (SSSR count). The van der Waals surface area contributed by atoms with Crippen LogP contribution in [0.4, 0.5) is 10.5 Å². The monoisotopic (exact) mass is 375 g/mol. The van der Waals surface area contributed by atoms with Crippen LogP contribution in [0, 0.1) is 0 Å². The fourth-order valence-electron chi connectivity index (χ4n) is 3.56. The predicted octanol–water partition coefficient (Wildman–Crippen LogP) is 4.30. The van der Waals surface area contributed by atoms with Crippen molar-refractivity contribution in [3.63, 3.8) is 0 Å². The van der Waals surface area contributed by atoms with Crippen molar-refractivity contribution in [1.82, 2.24) is 10.2 Å². The third kappa shape index (κ3) is 3.81. The van der Waals surface area contributed by atoms with Crippen LogP contribution < -0.4 is 5.32 Å². The molecular formula is C22H21N3O3. The van der Waals surface area contributed by atoms with E-state index in [1.54, 1.807) is 0 Å². The molecule has 2 aromatic carbocycles. The molecule has 0 spiro atoms. The summed E-state index contributed by atoms with van der Waals surface area (Å²) in [5, 5.41) is 11.3. The first kappa shape index (κ1) is 18.0. The molecule has 1 saturated heterocycles. The standard InChI is InChI=1S/C22H21N3O3/c26-21(25-12-1-2-13-25)17-9-6-15(7-10-17)18-11-8-16-4-3-5-20(24-22(27)28)23-19(16)14-18/h3-4,6-11,14H,1-2,5,12-13H2,(H,23,24)(H,27,28). The third-order valence-electron chi connectivity index (χ3n) is 5.00. The second-order valence-corrected chi connectivity index (χ2v) is 6.95. The molecule has 0 unspecified atom stereocenters. The highest BCUT2D eigenvalue weighted by molar-refractivity contribution is 5.99. The minimum atomic E-state index is -1.12. The Morgan fingerprint density at radius 2 is 1.71 bits per heavy atom. The molecule has 2 heterocycles. The summed E-state index contributed by atoms with van der Waals surface area (Å²) >= 11 is 0. The van der Waals surface area contributed by atoms with Crippen molar-refractivity contribution in [1.29, 1.82) is 0 Å². The molecule has 2 aliphatic rings. The largest absolute Gasteiger partial charge is 0.465 e. The molecule has 2 N–H and O–H groups in total. The number of aliphatic imine (C=N–C) groups is 1. The number of hydrogen-bond donors (Lipinski definition) is 2. The lowest BCUT2D eigenvalue weighted by atomic mass is 10.0. The lowest BCUT2D eigenvalue weighted by molar-refractivity contribution is 0.0793. The van der Waals surface area contributed by atoms with Crippen LogP contribution in [0.1, 0.15) is 35.2 Å². The van der Waals surface area contributed by atoms with Crippen LogP contribution in [0.25, 0.3) is 17.2 Å². The zero-order valence-corrected chi connectivity index (χ0v) is 15.4. The second-order valence-electron chi connectivity index (χ2n) is 6.95. The van der Waals surface area contributed by atoms with Crippen molar-refractivity contribution in [3.8, 4) is 11.1 Å². The summed E-state index contributed by atoms with van der Waals surface area (Å²) in [6, 6.07) is 13.5. The minimum absolute atomic E-state index is 0.0881. The number of amides is 2. The second kappa shape index (κ2) is 7.68. The van der Waals surface area contributed by atoms with E-state index in [0.717, 1.165) is 42.6 Å². The maximum Gasteiger partial charge on any atom is 0.410 e. The number of nitrogens with one attached hydrogen (secondary N) is 1. The first-order valence-electron chi connectivity index (χ1n) is 9.38. The van der Waals surface area contributed by atoms with Crippen LogP contribution in [0.5, 0.6) is 0 Å². The molecule has 6 nitrogen and oxygen atoms in total. The fourth-order valence-corrected chi connectivity index (χ4v) is 3.56. The molecule has 0 bridgehead atoms. The first-order valence-corrected chi connectivity index (χ1v) is 9.38. The van der Waals surface area contributed by atoms with Gasteiger partial charge in [0.15, 0.2) is 0 Å². The average Bonchev–Trinajstić information content (AvgIpc) is 3.15. The van der Waals surface area contributed by atoms with Crippen molar-refractivity contribution in [2.24, 2.45) is 4.99 Å². The summed E-state index contributed by atoms with van der Waals surface area (Å²) in [5.41, 5.74) is 4.30. The Kier molecular flexibility index (Phi) is 4.93. The van der Waals surface area contributed by atoms with Gasteiger partial charge >= 0.3 is 6.09 Å². The van der Waals surface area contributed by atoms with E-state index in [9.17, 15) is 9.59 Å². The van der Waals surface area contributed by atoms with Gasteiger partial charge in [-0.05, 0) is 47.7 Å². The van der Waals surface area contributed by atoms with Gasteiger partial charge in [0, 0.05) is 25.1 Å². The first-order chi connectivity index (χ1) is 13.6. The highest BCUT2D eigenvalue weighted by atomic mass is 16.4. The number of nitrogens with zero attached hydrogens (tertiary/aromatic N) is 2. The van der Waals surface area contributed by atoms with Gasteiger partial charge in [-0.2, -0.15) is 0 Å². The molecule has 0 aliphatic carbocycles. The number of carbonyl (C=O) groups excluding carboxylic acids is 1. The van der Waals surface area contributed by atoms with Crippen molar-refractivity contribution in [3.05, 3.63) is 59.7 Å². The Morgan fingerprint density at radius 1 is 1.00 bits per heavy atom. The molecular weight excluding hydrogens is 354 g/mol. The molecule has 0 saturated carbocycles. The van der Waals surface area contributed by atoms with Crippen LogP contribution in [0.15, 0.2) is 53.5 Å². The highest BCUT2D eigenvalue weighted by Gasteiger charge is 2.19. The van der Waals surface area contributed by atoms with Crippen LogP contribution in [0.3, 0.4) is 0 Å². The van der Waals surface area contributed by atoms with Gasteiger partial charge < -0.3 is 10.0 Å². The summed E-state index contributed by atoms with van der Waals surface area (Å²) in [4.78, 5) is 29.8. The van der Waals surface area contributed by atoms with Crippen LogP contribution in [0.2, 0.25) is 0 Å². The van der Waals surface area contributed by atoms with Gasteiger partial charge in [0.05, 0.1) is 5.69 Å². The van der Waals surface area contributed by atoms with E-state index >= 15 is 0 Å². The third-order valence-corrected chi connectivity index (χ3v) is 5.00. The van der Waals surface area contributed by atoms with E-state index in [2.05, 4.69) is 10.3 Å². The van der Waals surface area contributed by atoms with E-state index < -0.39 is 6.09 Å². The number of carbonyl (C=O) groups is 2. The highest BCUT2D eigenvalue weighted by Crippen LogP contribution is 2.30. The number of carboxylic acid groups (broad SMARTS) is 1. The van der Waals surface area contributed by atoms with Crippen LogP contribution in [-0.2, 0) is 0 Å². The molecule has 142 valence electrons. The van der Waals surface area contributed by atoms with Gasteiger partial charge in [-0.3, -0.25) is 10.1 Å². The molecule has 2 aliphatic heterocycles. The van der Waals surface area contributed by atoms with Crippen molar-refractivity contribution in [2.45, 2.75) is 19.3 Å². The van der Waals surface area contributed by atoms with Gasteiger partial charge in [-0.25, -0.2) is 9.79 Å². The number of likely N-dealkylation sites (tertiary alicyclic amines) is 1. The molecule has 2 amide bonds. The van der Waals surface area contributed by atoms with E-state index in [1.807, 2.05) is 59.5 Å². The fraction of sp³-hybridized carbons (Fsp3) is 0.227. The minimum Gasteiger partial charge on any atom is -0.465 e. The maximum absolute atomic E-state index is 12.5. The summed E-state index contributed by atoms with van der Waals surface area (Å²) in [6.07, 6.45) is 5.30. The number of amidine groups is 1. The molecule has 0 atom stereocenters. The Labute approximate surface area is 163 Å². The Bertz CT molecular complexity index is 971. The number of benzene rings is 2. The number of fused-ring (bicyclic) bond motifs is 1. The molecule has 6 heteroatoms. The van der Waals surface area contributed by atoms with Crippen LogP contribution >= 0.6 is 0 Å². The number of rotatable bonds is 2. The molecule has 0 radical (unpaired) electrons. The van der Waals surface area contributed by atoms with Gasteiger partial charge in [0.25, 0.3) is 5.91 Å². The Balaban J connectivity index is 1.60. The number of hydrogen-bond acceptors (Lipinski definition) is 3. The van der Waals surface area contributed by atoms with Crippen LogP contribution in [-0.4, -0.2) is 40.9 Å². The van der Waals surface area contributed by atoms with E-state index in [0.29, 0.717) is 23.5 Å². The SMILES string of the molecule is O=C(O)NC1=Nc2cc(-c3ccc(C(=O)N4CCCC4)cc3)ccc2C=CC1. The van der Waals surface area contributed by atoms with Gasteiger partial charge in [-0.15, -0.1) is 0 Å². The summed E-state index contributed by atoms with van der Waals surface area (Å²) in [7, 11) is 0. The zero-order chi connectivity index (χ0) is 19.5. The van der Waals surface area contributed by atoms with Crippen molar-refractivity contribution in [2.75, 3.05) is 13.1 Å². The summed E-state index contributed by atoms with van der Waals surface area (Å²) < 4.78 is 0. The maximum atomic E-state index is 12.5. The summed E-state index contributed by atoms with van der Waals surface area (Å²) in [6.45, 7) is 1.67. The molecule has 0 aromatic heterocycles. The Morgan fingerprint density at radius 3 is 2.43 bits per heavy atom. The van der Waals surface area contributed by atoms with Gasteiger partial charge in [0.2, 0.25) is 0 Å². The average molecular weight is 375 g/mol. The smallest absolute Gasteiger partial charge is 0.410 e. The lowest BCUT2D eigenvalue weighted by Gasteiger charge is -2.15. The normalized spacial score (nSPS) is 15.6. The molecule has 1 fully saturated rings. The summed E-state index contributed by atoms with van der Waals surface area (Å²) in [5.74, 6) is 0.483. The topological polar surface area (TPSA) is 82.0 Å². The lowest BCUT2D eigenvalue weighted by Crippen LogP contribution is -2.27. The van der Waals surface area contributed by atoms with Crippen molar-refractivity contribution < 1.29 is 14.7 Å². The molecule has 2 aromatic rings. The predicted molar refractivity (Wildman–Crippen MR) is 109 cm³/mol. The zero-order valence-electron chi connectivity index (χ0n) is 15.4. The van der Waals surface area contributed by atoms with E-state index in [1.165, 1.54) is 0 Å². The van der Waals surface area contributed by atoms with Gasteiger partial charge in [0.1, 0.15) is 5.84 Å². The van der Waals surface area contributed by atoms with Crippen molar-refractivity contribution >= 4 is 29.6 Å². The van der Waals surface area contributed by atoms with E-state index in [4.69, 9.17) is 5.11 Å². The Hall–Kier alpha value is -3.41. The molecule has 28 heavy (non-hydrogen) atoms. The van der Waals surface area contributed by atoms with Gasteiger partial charge in [-0.1, -0.05) is 36.4 Å².